The van der Waals surface area contributed by atoms with E-state index >= 15 is 0 Å². The van der Waals surface area contributed by atoms with Crippen LogP contribution in [0.3, 0.4) is 0 Å². The average molecular weight is 286 g/mol. The van der Waals surface area contributed by atoms with Gasteiger partial charge in [-0.25, -0.2) is 0 Å². The van der Waals surface area contributed by atoms with E-state index in [1.807, 2.05) is 19.9 Å². The summed E-state index contributed by atoms with van der Waals surface area (Å²) in [6.07, 6.45) is 0.586. The lowest BCUT2D eigenvalue weighted by atomic mass is 10.0. The number of methoxy groups -OCH3 is 1. The zero-order valence-corrected chi connectivity index (χ0v) is 12.2. The minimum atomic E-state index is -0.835. The second-order valence-corrected chi connectivity index (χ2v) is 5.27. The molecule has 4 nitrogen and oxygen atoms in total. The molecule has 1 aromatic rings. The highest BCUT2D eigenvalue weighted by Crippen LogP contribution is 2.22. The molecule has 1 atom stereocenters. The molecule has 0 amide bonds. The van der Waals surface area contributed by atoms with Crippen LogP contribution in [-0.2, 0) is 11.3 Å². The lowest BCUT2D eigenvalue weighted by molar-refractivity contribution is -0.140. The first-order valence-corrected chi connectivity index (χ1v) is 6.60. The van der Waals surface area contributed by atoms with Crippen molar-refractivity contribution in [2.75, 3.05) is 7.11 Å². The predicted molar refractivity (Wildman–Crippen MR) is 75.7 cm³/mol. The summed E-state index contributed by atoms with van der Waals surface area (Å²) in [5.74, 6) is 0.170. The Kier molecular flexibility index (Phi) is 6.12. The number of halogens is 1. The largest absolute Gasteiger partial charge is 0.497 e. The smallest absolute Gasteiger partial charge is 0.320 e. The maximum atomic E-state index is 11.1. The van der Waals surface area contributed by atoms with E-state index < -0.39 is 12.0 Å². The van der Waals surface area contributed by atoms with Crippen LogP contribution in [0.4, 0.5) is 0 Å². The van der Waals surface area contributed by atoms with Gasteiger partial charge in [-0.1, -0.05) is 31.5 Å². The number of ether oxygens (including phenoxy) is 1. The molecule has 0 aliphatic carbocycles. The monoisotopic (exact) mass is 285 g/mol. The molecule has 19 heavy (non-hydrogen) atoms. The Labute approximate surface area is 118 Å². The molecule has 0 aliphatic rings. The van der Waals surface area contributed by atoms with Crippen molar-refractivity contribution in [3.8, 4) is 5.75 Å². The number of rotatable bonds is 7. The lowest BCUT2D eigenvalue weighted by Gasteiger charge is -2.17. The third-order valence-corrected chi connectivity index (χ3v) is 3.16. The van der Waals surface area contributed by atoms with Crippen molar-refractivity contribution in [1.29, 1.82) is 0 Å². The van der Waals surface area contributed by atoms with Crippen LogP contribution in [0.1, 0.15) is 25.8 Å². The number of nitrogens with one attached hydrogen (secondary N) is 1. The van der Waals surface area contributed by atoms with Gasteiger partial charge in [-0.2, -0.15) is 0 Å². The van der Waals surface area contributed by atoms with E-state index in [-0.39, 0.29) is 0 Å². The highest BCUT2D eigenvalue weighted by molar-refractivity contribution is 6.31. The number of hydrogen-bond donors (Lipinski definition) is 2. The van der Waals surface area contributed by atoms with Crippen molar-refractivity contribution in [2.45, 2.75) is 32.9 Å². The Bertz CT molecular complexity index is 435. The highest BCUT2D eigenvalue weighted by atomic mass is 35.5. The molecule has 5 heteroatoms. The van der Waals surface area contributed by atoms with Gasteiger partial charge in [-0.3, -0.25) is 4.79 Å². The quantitative estimate of drug-likeness (QED) is 0.809. The molecule has 0 aromatic heterocycles. The molecule has 2 N–H and O–H groups in total. The molecule has 0 spiro atoms. The standard InChI is InChI=1S/C14H20ClNO3/c1-9(2)6-13(14(17)18)16-8-10-4-5-11(19-3)7-12(10)15/h4-5,7,9,13,16H,6,8H2,1-3H3,(H,17,18)/t13-/m1/s1. The van der Waals surface area contributed by atoms with Crippen molar-refractivity contribution in [2.24, 2.45) is 5.92 Å². The fraction of sp³-hybridized carbons (Fsp3) is 0.500. The van der Waals surface area contributed by atoms with E-state index in [1.54, 1.807) is 19.2 Å². The third-order valence-electron chi connectivity index (χ3n) is 2.80. The number of carbonyl (C=O) groups is 1. The van der Waals surface area contributed by atoms with Gasteiger partial charge in [-0.15, -0.1) is 0 Å². The summed E-state index contributed by atoms with van der Waals surface area (Å²) in [5, 5.41) is 12.7. The number of carboxylic acid groups (broad SMARTS) is 1. The topological polar surface area (TPSA) is 58.6 Å². The molecule has 0 radical (unpaired) electrons. The van der Waals surface area contributed by atoms with Gasteiger partial charge in [0.25, 0.3) is 0 Å². The predicted octanol–water partition coefficient (Wildman–Crippen LogP) is 2.94. The molecule has 0 unspecified atom stereocenters. The Morgan fingerprint density at radius 1 is 1.47 bits per heavy atom. The number of hydrogen-bond acceptors (Lipinski definition) is 3. The van der Waals surface area contributed by atoms with Gasteiger partial charge in [0.15, 0.2) is 0 Å². The number of aliphatic carboxylic acids is 1. The van der Waals surface area contributed by atoms with Crippen LogP contribution in [0.15, 0.2) is 18.2 Å². The molecule has 1 aromatic carbocycles. The van der Waals surface area contributed by atoms with Crippen molar-refractivity contribution < 1.29 is 14.6 Å². The minimum Gasteiger partial charge on any atom is -0.497 e. The zero-order chi connectivity index (χ0) is 14.4. The van der Waals surface area contributed by atoms with Gasteiger partial charge in [-0.05, 0) is 30.0 Å². The molecule has 106 valence electrons. The Morgan fingerprint density at radius 2 is 2.16 bits per heavy atom. The number of benzene rings is 1. The normalized spacial score (nSPS) is 12.5. The summed E-state index contributed by atoms with van der Waals surface area (Å²) in [6.45, 7) is 4.42. The Morgan fingerprint density at radius 3 is 2.63 bits per heavy atom. The first kappa shape index (κ1) is 15.8. The molecule has 0 saturated heterocycles. The minimum absolute atomic E-state index is 0.319. The van der Waals surface area contributed by atoms with Crippen LogP contribution in [-0.4, -0.2) is 24.2 Å². The van der Waals surface area contributed by atoms with Gasteiger partial charge in [0, 0.05) is 11.6 Å². The molecule has 0 aliphatic heterocycles. The van der Waals surface area contributed by atoms with E-state index in [4.69, 9.17) is 21.4 Å². The van der Waals surface area contributed by atoms with E-state index in [9.17, 15) is 4.79 Å². The fourth-order valence-electron chi connectivity index (χ4n) is 1.77. The zero-order valence-electron chi connectivity index (χ0n) is 11.4. The lowest BCUT2D eigenvalue weighted by Crippen LogP contribution is -2.37. The second-order valence-electron chi connectivity index (χ2n) is 4.86. The summed E-state index contributed by atoms with van der Waals surface area (Å²) < 4.78 is 5.07. The molecule has 0 bridgehead atoms. The van der Waals surface area contributed by atoms with Gasteiger partial charge in [0.2, 0.25) is 0 Å². The van der Waals surface area contributed by atoms with Crippen molar-refractivity contribution in [3.05, 3.63) is 28.8 Å². The van der Waals surface area contributed by atoms with Crippen LogP contribution >= 0.6 is 11.6 Å². The molecular formula is C14H20ClNO3. The van der Waals surface area contributed by atoms with E-state index in [0.29, 0.717) is 29.7 Å². The first-order valence-electron chi connectivity index (χ1n) is 6.22. The van der Waals surface area contributed by atoms with Crippen molar-refractivity contribution in [1.82, 2.24) is 5.32 Å². The second kappa shape index (κ2) is 7.36. The average Bonchev–Trinajstić information content (AvgIpc) is 2.34. The molecule has 0 saturated carbocycles. The van der Waals surface area contributed by atoms with Crippen LogP contribution in [0.2, 0.25) is 5.02 Å². The maximum absolute atomic E-state index is 11.1. The van der Waals surface area contributed by atoms with Crippen molar-refractivity contribution in [3.63, 3.8) is 0 Å². The van der Waals surface area contributed by atoms with Gasteiger partial charge >= 0.3 is 5.97 Å². The van der Waals surface area contributed by atoms with E-state index in [1.165, 1.54) is 0 Å². The fourth-order valence-corrected chi connectivity index (χ4v) is 2.01. The summed E-state index contributed by atoms with van der Waals surface area (Å²) in [5.41, 5.74) is 0.859. The van der Waals surface area contributed by atoms with Crippen LogP contribution in [0, 0.1) is 5.92 Å². The Hall–Kier alpha value is -1.26. The number of carboxylic acids is 1. The van der Waals surface area contributed by atoms with Crippen molar-refractivity contribution >= 4 is 17.6 Å². The van der Waals surface area contributed by atoms with E-state index in [2.05, 4.69) is 5.32 Å². The molecule has 1 rings (SSSR count). The van der Waals surface area contributed by atoms with Crippen LogP contribution in [0.25, 0.3) is 0 Å². The third kappa shape index (κ3) is 5.09. The van der Waals surface area contributed by atoms with Gasteiger partial charge < -0.3 is 15.2 Å². The summed E-state index contributed by atoms with van der Waals surface area (Å²) >= 11 is 6.11. The van der Waals surface area contributed by atoms with Gasteiger partial charge in [0.1, 0.15) is 11.8 Å². The summed E-state index contributed by atoms with van der Waals surface area (Å²) in [4.78, 5) is 11.1. The van der Waals surface area contributed by atoms with Gasteiger partial charge in [0.05, 0.1) is 7.11 Å². The maximum Gasteiger partial charge on any atom is 0.320 e. The molecular weight excluding hydrogens is 266 g/mol. The van der Waals surface area contributed by atoms with E-state index in [0.717, 1.165) is 5.56 Å². The summed E-state index contributed by atoms with van der Waals surface area (Å²) in [7, 11) is 1.58. The first-order chi connectivity index (χ1) is 8.93. The molecule has 0 fully saturated rings. The van der Waals surface area contributed by atoms with Crippen LogP contribution in [0.5, 0.6) is 5.75 Å². The van der Waals surface area contributed by atoms with Crippen LogP contribution < -0.4 is 10.1 Å². The SMILES string of the molecule is COc1ccc(CN[C@H](CC(C)C)C(=O)O)c(Cl)c1. The highest BCUT2D eigenvalue weighted by Gasteiger charge is 2.18. The summed E-state index contributed by atoms with van der Waals surface area (Å²) in [6, 6.07) is 4.80. The molecule has 0 heterocycles. The Balaban J connectivity index is 2.66.